The van der Waals surface area contributed by atoms with Gasteiger partial charge in [0.15, 0.2) is 0 Å². The number of anilines is 1. The summed E-state index contributed by atoms with van der Waals surface area (Å²) in [4.78, 5) is 46.8. The summed E-state index contributed by atoms with van der Waals surface area (Å²) in [5.41, 5.74) is 4.21. The molecule has 0 radical (unpaired) electrons. The van der Waals surface area contributed by atoms with E-state index in [1.54, 1.807) is 4.90 Å². The van der Waals surface area contributed by atoms with E-state index in [9.17, 15) is 19.5 Å². The third-order valence-electron chi connectivity index (χ3n) is 13.2. The highest BCUT2D eigenvalue weighted by Gasteiger charge is 2.51. The fraction of sp³-hybridized carbons (Fsp3) is 0.707. The lowest BCUT2D eigenvalue weighted by molar-refractivity contribution is -0.134. The first-order chi connectivity index (χ1) is 25.0. The van der Waals surface area contributed by atoms with Gasteiger partial charge in [-0.1, -0.05) is 20.8 Å². The van der Waals surface area contributed by atoms with Crippen molar-refractivity contribution in [1.82, 2.24) is 24.5 Å². The molecule has 0 spiro atoms. The highest BCUT2D eigenvalue weighted by molar-refractivity contribution is 5.99. The number of hydrogen-bond donors (Lipinski definition) is 1. The molecule has 6 aliphatic rings. The predicted molar refractivity (Wildman–Crippen MR) is 199 cm³/mol. The molecule has 11 heteroatoms. The Morgan fingerprint density at radius 2 is 1.67 bits per heavy atom. The van der Waals surface area contributed by atoms with Crippen molar-refractivity contribution in [1.29, 1.82) is 0 Å². The molecular weight excluding hydrogens is 656 g/mol. The third-order valence-corrected chi connectivity index (χ3v) is 13.2. The van der Waals surface area contributed by atoms with E-state index in [0.717, 1.165) is 113 Å². The van der Waals surface area contributed by atoms with Gasteiger partial charge in [-0.25, -0.2) is 4.79 Å². The number of carbonyl (C=O) groups excluding carboxylic acids is 2. The van der Waals surface area contributed by atoms with Crippen LogP contribution in [0.2, 0.25) is 0 Å². The number of carbonyl (C=O) groups is 3. The average molecular weight is 715 g/mol. The van der Waals surface area contributed by atoms with Crippen molar-refractivity contribution >= 4 is 23.6 Å². The zero-order chi connectivity index (χ0) is 36.3. The van der Waals surface area contributed by atoms with Gasteiger partial charge in [0.1, 0.15) is 5.75 Å². The van der Waals surface area contributed by atoms with E-state index in [0.29, 0.717) is 18.9 Å². The van der Waals surface area contributed by atoms with E-state index in [1.807, 2.05) is 6.20 Å². The maximum atomic E-state index is 13.5. The van der Waals surface area contributed by atoms with E-state index < -0.39 is 6.09 Å². The molecule has 3 unspecified atom stereocenters. The fourth-order valence-electron chi connectivity index (χ4n) is 9.65. The van der Waals surface area contributed by atoms with E-state index in [1.165, 1.54) is 12.0 Å². The first kappa shape index (κ1) is 35.4. The zero-order valence-corrected chi connectivity index (χ0v) is 31.6. The summed E-state index contributed by atoms with van der Waals surface area (Å²) < 4.78 is 8.84. The number of hydrogen-bond acceptors (Lipinski definition) is 6. The van der Waals surface area contributed by atoms with Crippen LogP contribution < -0.4 is 9.64 Å². The van der Waals surface area contributed by atoms with Crippen LogP contribution in [-0.2, 0) is 16.0 Å². The standard InChI is InChI=1S/C41H58N6O5/c1-26-8-11-33-34(47(26)39(49)28-9-10-28)13-12-32(37(33)52-31-6-5-7-31)29-23-42-46(24-29)30-16-20-44(21-17-30)36(48)22-27-14-18-43(19-15-27)35-25-45(40(50)51)38(35)41(2,3)4/h12-13,23-24,26-28,30-31,35,38H,5-11,14-22,25H2,1-4H3,(H,50,51). The van der Waals surface area contributed by atoms with Crippen LogP contribution in [0.3, 0.4) is 0 Å². The van der Waals surface area contributed by atoms with Gasteiger partial charge in [-0.05, 0) is 114 Å². The van der Waals surface area contributed by atoms with Crippen LogP contribution in [0.5, 0.6) is 5.75 Å². The molecule has 0 bridgehead atoms. The molecule has 1 aromatic heterocycles. The van der Waals surface area contributed by atoms with Crippen LogP contribution in [0.1, 0.15) is 110 Å². The molecule has 2 aromatic rings. The number of carboxylic acid groups (broad SMARTS) is 1. The Kier molecular flexibility index (Phi) is 9.53. The highest BCUT2D eigenvalue weighted by Crippen LogP contribution is 2.46. The van der Waals surface area contributed by atoms with Crippen molar-refractivity contribution in [2.24, 2.45) is 17.3 Å². The van der Waals surface area contributed by atoms with Crippen molar-refractivity contribution in [3.63, 3.8) is 0 Å². The van der Waals surface area contributed by atoms with Crippen molar-refractivity contribution in [2.75, 3.05) is 37.6 Å². The summed E-state index contributed by atoms with van der Waals surface area (Å²) in [7, 11) is 0. The minimum atomic E-state index is -0.824. The van der Waals surface area contributed by atoms with Crippen LogP contribution in [0.4, 0.5) is 10.5 Å². The van der Waals surface area contributed by atoms with E-state index in [-0.39, 0.29) is 53.4 Å². The SMILES string of the molecule is CC1CCc2c(ccc(-c3cnn(C4CCN(C(=O)CC5CCN(C6CN(C(=O)O)C6C(C)(C)C)CC5)CC4)c3)c2OC2CCC2)N1C(=O)C1CC1. The van der Waals surface area contributed by atoms with Crippen molar-refractivity contribution in [2.45, 2.75) is 135 Å². The molecule has 5 fully saturated rings. The van der Waals surface area contributed by atoms with Gasteiger partial charge in [0, 0.05) is 66.9 Å². The van der Waals surface area contributed by atoms with Gasteiger partial charge in [0.05, 0.1) is 30.1 Å². The summed E-state index contributed by atoms with van der Waals surface area (Å²) in [6, 6.07) is 5.00. The number of rotatable bonds is 8. The molecule has 2 saturated carbocycles. The molecule has 11 nitrogen and oxygen atoms in total. The van der Waals surface area contributed by atoms with Gasteiger partial charge in [-0.2, -0.15) is 5.10 Å². The molecule has 3 saturated heterocycles. The lowest BCUT2D eigenvalue weighted by Gasteiger charge is -2.57. The molecule has 3 atom stereocenters. The summed E-state index contributed by atoms with van der Waals surface area (Å²) >= 11 is 0. The quantitative estimate of drug-likeness (QED) is 0.328. The van der Waals surface area contributed by atoms with Gasteiger partial charge >= 0.3 is 6.09 Å². The number of amides is 3. The van der Waals surface area contributed by atoms with Crippen molar-refractivity contribution in [3.05, 3.63) is 30.1 Å². The van der Waals surface area contributed by atoms with Crippen LogP contribution in [-0.4, -0.2) is 104 Å². The molecule has 282 valence electrons. The molecule has 1 aromatic carbocycles. The Morgan fingerprint density at radius 3 is 2.31 bits per heavy atom. The maximum Gasteiger partial charge on any atom is 0.407 e. The predicted octanol–water partition coefficient (Wildman–Crippen LogP) is 6.60. The second kappa shape index (κ2) is 14.0. The fourth-order valence-corrected chi connectivity index (χ4v) is 9.65. The third kappa shape index (κ3) is 6.82. The highest BCUT2D eigenvalue weighted by atomic mass is 16.5. The first-order valence-electron chi connectivity index (χ1n) is 20.2. The second-order valence-corrected chi connectivity index (χ2v) is 17.8. The Morgan fingerprint density at radius 1 is 0.942 bits per heavy atom. The van der Waals surface area contributed by atoms with Crippen LogP contribution in [0.25, 0.3) is 11.1 Å². The van der Waals surface area contributed by atoms with Gasteiger partial charge in [0.25, 0.3) is 0 Å². The molecule has 52 heavy (non-hydrogen) atoms. The van der Waals surface area contributed by atoms with Crippen LogP contribution >= 0.6 is 0 Å². The molecule has 8 rings (SSSR count). The Labute approximate surface area is 308 Å². The number of nitrogens with zero attached hydrogens (tertiary/aromatic N) is 6. The van der Waals surface area contributed by atoms with Gasteiger partial charge in [-0.15, -0.1) is 0 Å². The normalized spacial score (nSPS) is 26.5. The van der Waals surface area contributed by atoms with E-state index in [4.69, 9.17) is 9.84 Å². The van der Waals surface area contributed by atoms with E-state index >= 15 is 0 Å². The van der Waals surface area contributed by atoms with Crippen LogP contribution in [0, 0.1) is 17.3 Å². The second-order valence-electron chi connectivity index (χ2n) is 17.8. The lowest BCUT2D eigenvalue weighted by atomic mass is 9.74. The minimum Gasteiger partial charge on any atom is -0.489 e. The molecule has 3 amide bonds. The number of ether oxygens (including phenoxy) is 1. The van der Waals surface area contributed by atoms with Gasteiger partial charge in [-0.3, -0.25) is 19.2 Å². The Balaban J connectivity index is 0.875. The van der Waals surface area contributed by atoms with Gasteiger partial charge in [0.2, 0.25) is 11.8 Å². The monoisotopic (exact) mass is 714 g/mol. The first-order valence-corrected chi connectivity index (χ1v) is 20.2. The maximum absolute atomic E-state index is 13.5. The Bertz CT molecular complexity index is 1660. The van der Waals surface area contributed by atoms with Gasteiger partial charge < -0.3 is 24.5 Å². The summed E-state index contributed by atoms with van der Waals surface area (Å²) in [6.07, 6.45) is 15.1. The Hall–Kier alpha value is -3.60. The molecular formula is C41H58N6O5. The number of fused-ring (bicyclic) bond motifs is 1. The van der Waals surface area contributed by atoms with E-state index in [2.05, 4.69) is 65.4 Å². The topological polar surface area (TPSA) is 111 Å². The summed E-state index contributed by atoms with van der Waals surface area (Å²) in [5.74, 6) is 2.04. The number of likely N-dealkylation sites (tertiary alicyclic amines) is 3. The van der Waals surface area contributed by atoms with Crippen molar-refractivity contribution in [3.8, 4) is 16.9 Å². The lowest BCUT2D eigenvalue weighted by Crippen LogP contribution is -2.72. The number of aromatic nitrogens is 2. The molecule has 2 aliphatic carbocycles. The smallest absolute Gasteiger partial charge is 0.407 e. The largest absolute Gasteiger partial charge is 0.489 e. The molecule has 4 aliphatic heterocycles. The number of piperidine rings is 2. The number of benzene rings is 1. The summed E-state index contributed by atoms with van der Waals surface area (Å²) in [5, 5.41) is 14.5. The average Bonchev–Trinajstić information content (AvgIpc) is 3.81. The zero-order valence-electron chi connectivity index (χ0n) is 31.6. The molecule has 5 heterocycles. The molecule has 1 N–H and O–H groups in total. The van der Waals surface area contributed by atoms with Crippen molar-refractivity contribution < 1.29 is 24.2 Å². The van der Waals surface area contributed by atoms with Crippen LogP contribution in [0.15, 0.2) is 24.5 Å². The minimum absolute atomic E-state index is 0.00878. The summed E-state index contributed by atoms with van der Waals surface area (Å²) in [6.45, 7) is 12.5.